The van der Waals surface area contributed by atoms with Crippen LogP contribution in [-0.4, -0.2) is 22.4 Å². The van der Waals surface area contributed by atoms with Gasteiger partial charge in [-0.2, -0.15) is 5.10 Å². The average molecular weight is 298 g/mol. The molecule has 4 heteroatoms. The summed E-state index contributed by atoms with van der Waals surface area (Å²) in [5.74, 6) is -0.292. The predicted octanol–water partition coefficient (Wildman–Crippen LogP) is 3.55. The van der Waals surface area contributed by atoms with Gasteiger partial charge in [-0.15, -0.1) is 0 Å². The van der Waals surface area contributed by atoms with Gasteiger partial charge in [0.05, 0.1) is 12.6 Å². The van der Waals surface area contributed by atoms with Gasteiger partial charge in [-0.25, -0.2) is 4.79 Å². The van der Waals surface area contributed by atoms with Crippen molar-refractivity contribution in [3.63, 3.8) is 0 Å². The van der Waals surface area contributed by atoms with E-state index in [0.717, 1.165) is 31.2 Å². The predicted molar refractivity (Wildman–Crippen MR) is 85.1 cm³/mol. The number of aromatic nitrogens is 2. The van der Waals surface area contributed by atoms with Crippen molar-refractivity contribution in [3.8, 4) is 0 Å². The molecule has 0 amide bonds. The van der Waals surface area contributed by atoms with Gasteiger partial charge >= 0.3 is 5.97 Å². The molecule has 4 nitrogen and oxygen atoms in total. The molecule has 0 N–H and O–H groups in total. The molecule has 1 unspecified atom stereocenters. The van der Waals surface area contributed by atoms with Crippen LogP contribution in [0.4, 0.5) is 0 Å². The second-order valence-electron chi connectivity index (χ2n) is 5.73. The molecule has 1 aliphatic rings. The largest absolute Gasteiger partial charge is 0.461 e. The van der Waals surface area contributed by atoms with Gasteiger partial charge in [-0.05, 0) is 45.1 Å². The number of esters is 1. The highest BCUT2D eigenvalue weighted by Crippen LogP contribution is 2.29. The van der Waals surface area contributed by atoms with Crippen LogP contribution in [0.3, 0.4) is 0 Å². The standard InChI is InChI=1S/C18H22N2O2/c1-3-22-18(21)17-15-11-7-8-12-16(15)20(19-17)13(2)14-9-5-4-6-10-14/h4-6,9-10,13H,3,7-8,11-12H2,1-2H3. The average Bonchev–Trinajstić information content (AvgIpc) is 2.95. The maximum Gasteiger partial charge on any atom is 0.359 e. The van der Waals surface area contributed by atoms with E-state index in [1.165, 1.54) is 11.3 Å². The minimum Gasteiger partial charge on any atom is -0.461 e. The lowest BCUT2D eigenvalue weighted by molar-refractivity contribution is 0.0517. The van der Waals surface area contributed by atoms with Crippen LogP contribution in [0.15, 0.2) is 30.3 Å². The van der Waals surface area contributed by atoms with E-state index in [4.69, 9.17) is 4.74 Å². The van der Waals surface area contributed by atoms with Gasteiger partial charge in [-0.3, -0.25) is 4.68 Å². The van der Waals surface area contributed by atoms with E-state index in [1.54, 1.807) is 0 Å². The van der Waals surface area contributed by atoms with E-state index in [0.29, 0.717) is 12.3 Å². The first kappa shape index (κ1) is 14.8. The van der Waals surface area contributed by atoms with E-state index in [-0.39, 0.29) is 12.0 Å². The molecule has 1 atom stereocenters. The maximum atomic E-state index is 12.2. The van der Waals surface area contributed by atoms with Gasteiger partial charge in [0.1, 0.15) is 0 Å². The van der Waals surface area contributed by atoms with Crippen molar-refractivity contribution in [3.05, 3.63) is 52.8 Å². The van der Waals surface area contributed by atoms with Crippen LogP contribution in [0.5, 0.6) is 0 Å². The molecule has 1 aromatic carbocycles. The maximum absolute atomic E-state index is 12.2. The molecule has 116 valence electrons. The van der Waals surface area contributed by atoms with Crippen LogP contribution in [0, 0.1) is 0 Å². The third kappa shape index (κ3) is 2.65. The molecule has 0 aliphatic heterocycles. The lowest BCUT2D eigenvalue weighted by atomic mass is 9.95. The van der Waals surface area contributed by atoms with E-state index in [1.807, 2.05) is 29.8 Å². The minimum absolute atomic E-state index is 0.122. The highest BCUT2D eigenvalue weighted by molar-refractivity contribution is 5.89. The molecule has 1 aromatic heterocycles. The molecule has 0 saturated carbocycles. The summed E-state index contributed by atoms with van der Waals surface area (Å²) in [6.07, 6.45) is 4.18. The van der Waals surface area contributed by atoms with Gasteiger partial charge in [0.15, 0.2) is 5.69 Å². The first-order chi connectivity index (χ1) is 10.7. The monoisotopic (exact) mass is 298 g/mol. The molecule has 0 saturated heterocycles. The molecule has 3 rings (SSSR count). The van der Waals surface area contributed by atoms with Crippen LogP contribution < -0.4 is 0 Å². The Morgan fingerprint density at radius 2 is 2.00 bits per heavy atom. The molecule has 0 radical (unpaired) electrons. The third-order valence-electron chi connectivity index (χ3n) is 4.33. The normalized spacial score (nSPS) is 15.2. The Morgan fingerprint density at radius 1 is 1.27 bits per heavy atom. The number of rotatable bonds is 4. The Labute approximate surface area is 131 Å². The molecule has 2 aromatic rings. The summed E-state index contributed by atoms with van der Waals surface area (Å²) in [6.45, 7) is 4.34. The lowest BCUT2D eigenvalue weighted by Gasteiger charge is -2.19. The highest BCUT2D eigenvalue weighted by Gasteiger charge is 2.27. The number of nitrogens with zero attached hydrogens (tertiary/aromatic N) is 2. The molecular weight excluding hydrogens is 276 g/mol. The van der Waals surface area contributed by atoms with E-state index < -0.39 is 0 Å². The molecular formula is C18H22N2O2. The molecule has 0 spiro atoms. The third-order valence-corrected chi connectivity index (χ3v) is 4.33. The summed E-state index contributed by atoms with van der Waals surface area (Å²) >= 11 is 0. The Bertz CT molecular complexity index is 661. The molecule has 0 fully saturated rings. The van der Waals surface area contributed by atoms with Gasteiger partial charge in [0.2, 0.25) is 0 Å². The van der Waals surface area contributed by atoms with E-state index in [9.17, 15) is 4.79 Å². The van der Waals surface area contributed by atoms with Gasteiger partial charge in [0.25, 0.3) is 0 Å². The first-order valence-corrected chi connectivity index (χ1v) is 8.04. The zero-order valence-electron chi connectivity index (χ0n) is 13.2. The fourth-order valence-electron chi connectivity index (χ4n) is 3.18. The van der Waals surface area contributed by atoms with Crippen molar-refractivity contribution in [1.29, 1.82) is 0 Å². The summed E-state index contributed by atoms with van der Waals surface area (Å²) in [5, 5.41) is 4.63. The Morgan fingerprint density at radius 3 is 2.73 bits per heavy atom. The highest BCUT2D eigenvalue weighted by atomic mass is 16.5. The quantitative estimate of drug-likeness (QED) is 0.811. The topological polar surface area (TPSA) is 44.1 Å². The van der Waals surface area contributed by atoms with Gasteiger partial charge < -0.3 is 4.74 Å². The van der Waals surface area contributed by atoms with E-state index in [2.05, 4.69) is 24.2 Å². The summed E-state index contributed by atoms with van der Waals surface area (Å²) < 4.78 is 7.20. The zero-order valence-corrected chi connectivity index (χ0v) is 13.2. The SMILES string of the molecule is CCOC(=O)c1nn(C(C)c2ccccc2)c2c1CCCC2. The van der Waals surface area contributed by atoms with E-state index >= 15 is 0 Å². The molecule has 1 heterocycles. The fraction of sp³-hybridized carbons (Fsp3) is 0.444. The van der Waals surface area contributed by atoms with Crippen LogP contribution >= 0.6 is 0 Å². The first-order valence-electron chi connectivity index (χ1n) is 8.04. The number of ether oxygens (including phenoxy) is 1. The van der Waals surface area contributed by atoms with Crippen molar-refractivity contribution >= 4 is 5.97 Å². The zero-order chi connectivity index (χ0) is 15.5. The van der Waals surface area contributed by atoms with Crippen molar-refractivity contribution in [2.75, 3.05) is 6.61 Å². The van der Waals surface area contributed by atoms with Crippen molar-refractivity contribution in [2.24, 2.45) is 0 Å². The van der Waals surface area contributed by atoms with Crippen molar-refractivity contribution in [1.82, 2.24) is 9.78 Å². The number of carbonyl (C=O) groups excluding carboxylic acids is 1. The summed E-state index contributed by atoms with van der Waals surface area (Å²) in [4.78, 5) is 12.2. The molecule has 1 aliphatic carbocycles. The van der Waals surface area contributed by atoms with Crippen LogP contribution in [0.2, 0.25) is 0 Å². The van der Waals surface area contributed by atoms with Crippen LogP contribution in [0.1, 0.15) is 60.0 Å². The Hall–Kier alpha value is -2.10. The molecule has 0 bridgehead atoms. The Balaban J connectivity index is 2.03. The number of carbonyl (C=O) groups is 1. The minimum atomic E-state index is -0.292. The lowest BCUT2D eigenvalue weighted by Crippen LogP contribution is -2.14. The Kier molecular flexibility index (Phi) is 4.27. The summed E-state index contributed by atoms with van der Waals surface area (Å²) in [5.41, 5.74) is 4.01. The number of fused-ring (bicyclic) bond motifs is 1. The second kappa shape index (κ2) is 6.34. The number of hydrogen-bond acceptors (Lipinski definition) is 3. The smallest absolute Gasteiger partial charge is 0.359 e. The van der Waals surface area contributed by atoms with Crippen molar-refractivity contribution in [2.45, 2.75) is 45.6 Å². The second-order valence-corrected chi connectivity index (χ2v) is 5.73. The van der Waals surface area contributed by atoms with Crippen molar-refractivity contribution < 1.29 is 9.53 Å². The number of benzene rings is 1. The summed E-state index contributed by atoms with van der Waals surface area (Å²) in [7, 11) is 0. The van der Waals surface area contributed by atoms with Gasteiger partial charge in [0, 0.05) is 11.3 Å². The fourth-order valence-corrected chi connectivity index (χ4v) is 3.18. The van der Waals surface area contributed by atoms with Crippen LogP contribution in [0.25, 0.3) is 0 Å². The molecule has 22 heavy (non-hydrogen) atoms. The van der Waals surface area contributed by atoms with Crippen LogP contribution in [-0.2, 0) is 17.6 Å². The number of hydrogen-bond donors (Lipinski definition) is 0. The van der Waals surface area contributed by atoms with Gasteiger partial charge in [-0.1, -0.05) is 30.3 Å². The summed E-state index contributed by atoms with van der Waals surface area (Å²) in [6, 6.07) is 10.4.